The summed E-state index contributed by atoms with van der Waals surface area (Å²) in [6.07, 6.45) is 2.60. The van der Waals surface area contributed by atoms with Crippen LogP contribution in [0.4, 0.5) is 0 Å². The molecule has 0 atom stereocenters. The fourth-order valence-corrected chi connectivity index (χ4v) is 2.48. The molecule has 104 valence electrons. The van der Waals surface area contributed by atoms with Gasteiger partial charge in [0.1, 0.15) is 0 Å². The maximum absolute atomic E-state index is 11.3. The lowest BCUT2D eigenvalue weighted by Crippen LogP contribution is -2.13. The lowest BCUT2D eigenvalue weighted by atomic mass is 9.99. The number of hydrogen-bond donors (Lipinski definition) is 1. The number of rotatable bonds is 5. The SMILES string of the molecule is NC(=O)c1ccccc1CCCc1ccc(Cl)c(Cl)c1. The predicted octanol–water partition coefficient (Wildman–Crippen LogP) is 4.27. The number of aryl methyl sites for hydroxylation is 2. The second-order valence-corrected chi connectivity index (χ2v) is 5.44. The molecule has 0 saturated carbocycles. The van der Waals surface area contributed by atoms with Gasteiger partial charge in [0, 0.05) is 5.56 Å². The van der Waals surface area contributed by atoms with Crippen LogP contribution in [0.5, 0.6) is 0 Å². The summed E-state index contributed by atoms with van der Waals surface area (Å²) < 4.78 is 0. The van der Waals surface area contributed by atoms with Crippen LogP contribution >= 0.6 is 23.2 Å². The molecule has 0 aliphatic carbocycles. The van der Waals surface area contributed by atoms with Gasteiger partial charge >= 0.3 is 0 Å². The number of carbonyl (C=O) groups is 1. The van der Waals surface area contributed by atoms with Crippen molar-refractivity contribution in [2.75, 3.05) is 0 Å². The third-order valence-corrected chi connectivity index (χ3v) is 3.92. The van der Waals surface area contributed by atoms with E-state index in [2.05, 4.69) is 0 Å². The van der Waals surface area contributed by atoms with Crippen LogP contribution in [0.25, 0.3) is 0 Å². The fourth-order valence-electron chi connectivity index (χ4n) is 2.16. The molecule has 2 aromatic carbocycles. The molecular formula is C16H15Cl2NO. The first-order valence-electron chi connectivity index (χ1n) is 6.39. The molecule has 2 N–H and O–H groups in total. The third-order valence-electron chi connectivity index (χ3n) is 3.18. The molecule has 0 aliphatic heterocycles. The quantitative estimate of drug-likeness (QED) is 0.881. The minimum atomic E-state index is -0.380. The van der Waals surface area contributed by atoms with Crippen LogP contribution in [0, 0.1) is 0 Å². The Morgan fingerprint density at radius 2 is 1.75 bits per heavy atom. The van der Waals surface area contributed by atoms with E-state index in [9.17, 15) is 4.79 Å². The van der Waals surface area contributed by atoms with Gasteiger partial charge in [-0.2, -0.15) is 0 Å². The molecule has 2 rings (SSSR count). The van der Waals surface area contributed by atoms with E-state index in [0.29, 0.717) is 15.6 Å². The van der Waals surface area contributed by atoms with Crippen molar-refractivity contribution >= 4 is 29.1 Å². The van der Waals surface area contributed by atoms with Crippen LogP contribution in [0.15, 0.2) is 42.5 Å². The Hall–Kier alpha value is -1.51. The summed E-state index contributed by atoms with van der Waals surface area (Å²) in [7, 11) is 0. The molecule has 20 heavy (non-hydrogen) atoms. The smallest absolute Gasteiger partial charge is 0.248 e. The van der Waals surface area contributed by atoms with Crippen molar-refractivity contribution in [1.29, 1.82) is 0 Å². The van der Waals surface area contributed by atoms with Crippen LogP contribution < -0.4 is 5.73 Å². The van der Waals surface area contributed by atoms with Crippen LogP contribution in [0.1, 0.15) is 27.9 Å². The van der Waals surface area contributed by atoms with Crippen LogP contribution in [-0.4, -0.2) is 5.91 Å². The summed E-state index contributed by atoms with van der Waals surface area (Å²) in [5.74, 6) is -0.380. The third kappa shape index (κ3) is 3.75. The summed E-state index contributed by atoms with van der Waals surface area (Å²) in [5, 5.41) is 1.14. The fraction of sp³-hybridized carbons (Fsp3) is 0.188. The van der Waals surface area contributed by atoms with Crippen molar-refractivity contribution in [3.8, 4) is 0 Å². The number of amides is 1. The zero-order valence-corrected chi connectivity index (χ0v) is 12.4. The molecule has 0 unspecified atom stereocenters. The Morgan fingerprint density at radius 3 is 2.45 bits per heavy atom. The molecule has 0 aliphatic rings. The summed E-state index contributed by atoms with van der Waals surface area (Å²) in [6.45, 7) is 0. The Bertz CT molecular complexity index is 626. The van der Waals surface area contributed by atoms with Gasteiger partial charge in [-0.05, 0) is 48.6 Å². The molecule has 0 heterocycles. The van der Waals surface area contributed by atoms with E-state index in [4.69, 9.17) is 28.9 Å². The topological polar surface area (TPSA) is 43.1 Å². The van der Waals surface area contributed by atoms with Gasteiger partial charge in [0.05, 0.1) is 10.0 Å². The Balaban J connectivity index is 1.99. The molecular weight excluding hydrogens is 293 g/mol. The minimum Gasteiger partial charge on any atom is -0.366 e. The highest BCUT2D eigenvalue weighted by Crippen LogP contribution is 2.23. The van der Waals surface area contributed by atoms with Crippen LogP contribution in [0.3, 0.4) is 0 Å². The van der Waals surface area contributed by atoms with Gasteiger partial charge in [-0.15, -0.1) is 0 Å². The number of benzene rings is 2. The second-order valence-electron chi connectivity index (χ2n) is 4.62. The molecule has 1 amide bonds. The predicted molar refractivity (Wildman–Crippen MR) is 83.4 cm³/mol. The van der Waals surface area contributed by atoms with Crippen molar-refractivity contribution in [2.45, 2.75) is 19.3 Å². The second kappa shape index (κ2) is 6.78. The lowest BCUT2D eigenvalue weighted by Gasteiger charge is -2.07. The monoisotopic (exact) mass is 307 g/mol. The Labute approximate surface area is 128 Å². The van der Waals surface area contributed by atoms with Gasteiger partial charge in [-0.3, -0.25) is 4.79 Å². The lowest BCUT2D eigenvalue weighted by molar-refractivity contribution is 0.0999. The van der Waals surface area contributed by atoms with Gasteiger partial charge in [-0.25, -0.2) is 0 Å². The highest BCUT2D eigenvalue weighted by atomic mass is 35.5. The van der Waals surface area contributed by atoms with E-state index in [0.717, 1.165) is 30.4 Å². The van der Waals surface area contributed by atoms with Gasteiger partial charge in [0.2, 0.25) is 5.91 Å². The normalized spacial score (nSPS) is 10.5. The first-order chi connectivity index (χ1) is 9.58. The highest BCUT2D eigenvalue weighted by Gasteiger charge is 2.07. The van der Waals surface area contributed by atoms with E-state index in [-0.39, 0.29) is 5.91 Å². The standard InChI is InChI=1S/C16H15Cl2NO/c17-14-9-8-11(10-15(14)18)4-3-6-12-5-1-2-7-13(12)16(19)20/h1-2,5,7-10H,3-4,6H2,(H2,19,20). The average Bonchev–Trinajstić information content (AvgIpc) is 2.43. The molecule has 4 heteroatoms. The molecule has 2 nitrogen and oxygen atoms in total. The Morgan fingerprint density at radius 1 is 1.00 bits per heavy atom. The largest absolute Gasteiger partial charge is 0.366 e. The molecule has 0 saturated heterocycles. The molecule has 0 radical (unpaired) electrons. The number of primary amides is 1. The van der Waals surface area contributed by atoms with E-state index in [1.165, 1.54) is 0 Å². The number of halogens is 2. The van der Waals surface area contributed by atoms with Crippen LogP contribution in [0.2, 0.25) is 10.0 Å². The van der Waals surface area contributed by atoms with Crippen molar-refractivity contribution in [3.63, 3.8) is 0 Å². The molecule has 0 aromatic heterocycles. The van der Waals surface area contributed by atoms with E-state index in [1.54, 1.807) is 12.1 Å². The summed E-state index contributed by atoms with van der Waals surface area (Å²) in [5.41, 5.74) is 8.08. The average molecular weight is 308 g/mol. The minimum absolute atomic E-state index is 0.380. The zero-order chi connectivity index (χ0) is 14.5. The van der Waals surface area contributed by atoms with Crippen molar-refractivity contribution in [3.05, 3.63) is 69.2 Å². The van der Waals surface area contributed by atoms with Crippen molar-refractivity contribution in [1.82, 2.24) is 0 Å². The van der Waals surface area contributed by atoms with Gasteiger partial charge in [0.25, 0.3) is 0 Å². The van der Waals surface area contributed by atoms with E-state index in [1.807, 2.05) is 30.3 Å². The van der Waals surface area contributed by atoms with E-state index < -0.39 is 0 Å². The first-order valence-corrected chi connectivity index (χ1v) is 7.15. The summed E-state index contributed by atoms with van der Waals surface area (Å²) in [6, 6.07) is 13.1. The van der Waals surface area contributed by atoms with Crippen molar-refractivity contribution < 1.29 is 4.79 Å². The van der Waals surface area contributed by atoms with Gasteiger partial charge in [-0.1, -0.05) is 47.5 Å². The van der Waals surface area contributed by atoms with Crippen molar-refractivity contribution in [2.24, 2.45) is 5.73 Å². The number of nitrogens with two attached hydrogens (primary N) is 1. The van der Waals surface area contributed by atoms with Gasteiger partial charge in [0.15, 0.2) is 0 Å². The molecule has 0 bridgehead atoms. The summed E-state index contributed by atoms with van der Waals surface area (Å²) >= 11 is 11.9. The number of carbonyl (C=O) groups excluding carboxylic acids is 1. The highest BCUT2D eigenvalue weighted by molar-refractivity contribution is 6.42. The maximum Gasteiger partial charge on any atom is 0.248 e. The van der Waals surface area contributed by atoms with E-state index >= 15 is 0 Å². The summed E-state index contributed by atoms with van der Waals surface area (Å²) in [4.78, 5) is 11.3. The first kappa shape index (κ1) is 14.9. The molecule has 2 aromatic rings. The van der Waals surface area contributed by atoms with Crippen LogP contribution in [-0.2, 0) is 12.8 Å². The molecule has 0 spiro atoms. The zero-order valence-electron chi connectivity index (χ0n) is 10.9. The number of hydrogen-bond acceptors (Lipinski definition) is 1. The molecule has 0 fully saturated rings. The van der Waals surface area contributed by atoms with Gasteiger partial charge < -0.3 is 5.73 Å². The maximum atomic E-state index is 11.3. The Kier molecular flexibility index (Phi) is 5.05.